The van der Waals surface area contributed by atoms with Crippen LogP contribution in [-0.2, 0) is 4.79 Å². The number of aromatic nitrogens is 2. The van der Waals surface area contributed by atoms with E-state index in [1.807, 2.05) is 0 Å². The molecule has 1 unspecified atom stereocenters. The van der Waals surface area contributed by atoms with E-state index in [1.165, 1.54) is 12.1 Å². The standard InChI is InChI=1S/C12H12FN3O2S/c1-6(10(17)14-2)19-12-15-9-4-3-7(13)5-8(9)11(18)16-12/h3-6H,1-2H3,(H,14,17)(H,15,16,18). The fraction of sp³-hybridized carbons (Fsp3) is 0.250. The summed E-state index contributed by atoms with van der Waals surface area (Å²) in [6.45, 7) is 1.71. The molecule has 0 bridgehead atoms. The number of aromatic amines is 1. The van der Waals surface area contributed by atoms with Crippen LogP contribution >= 0.6 is 11.8 Å². The molecule has 0 radical (unpaired) electrons. The molecule has 2 rings (SSSR count). The lowest BCUT2D eigenvalue weighted by molar-refractivity contribution is -0.119. The highest BCUT2D eigenvalue weighted by atomic mass is 32.2. The maximum absolute atomic E-state index is 13.0. The van der Waals surface area contributed by atoms with E-state index in [0.717, 1.165) is 17.8 Å². The SMILES string of the molecule is CNC(=O)C(C)Sc1nc2ccc(F)cc2c(=O)[nH]1. The van der Waals surface area contributed by atoms with Gasteiger partial charge in [0.15, 0.2) is 5.16 Å². The lowest BCUT2D eigenvalue weighted by Gasteiger charge is -2.08. The van der Waals surface area contributed by atoms with Gasteiger partial charge in [-0.1, -0.05) is 11.8 Å². The molecule has 19 heavy (non-hydrogen) atoms. The number of fused-ring (bicyclic) bond motifs is 1. The smallest absolute Gasteiger partial charge is 0.259 e. The second-order valence-corrected chi connectivity index (χ2v) is 5.24. The van der Waals surface area contributed by atoms with Gasteiger partial charge in [-0.05, 0) is 25.1 Å². The van der Waals surface area contributed by atoms with E-state index in [4.69, 9.17) is 0 Å². The average Bonchev–Trinajstić information content (AvgIpc) is 2.38. The van der Waals surface area contributed by atoms with E-state index in [2.05, 4.69) is 15.3 Å². The van der Waals surface area contributed by atoms with E-state index in [9.17, 15) is 14.0 Å². The van der Waals surface area contributed by atoms with E-state index in [1.54, 1.807) is 14.0 Å². The molecule has 1 atom stereocenters. The van der Waals surface area contributed by atoms with E-state index >= 15 is 0 Å². The van der Waals surface area contributed by atoms with Crippen molar-refractivity contribution >= 4 is 28.6 Å². The molecule has 1 heterocycles. The van der Waals surface area contributed by atoms with Gasteiger partial charge < -0.3 is 10.3 Å². The Morgan fingerprint density at radius 1 is 1.53 bits per heavy atom. The summed E-state index contributed by atoms with van der Waals surface area (Å²) in [5.74, 6) is -0.647. The van der Waals surface area contributed by atoms with E-state index in [0.29, 0.717) is 10.7 Å². The number of nitrogens with one attached hydrogen (secondary N) is 2. The first-order valence-corrected chi connectivity index (χ1v) is 6.47. The molecular formula is C12H12FN3O2S. The summed E-state index contributed by atoms with van der Waals surface area (Å²) in [6, 6.07) is 3.82. The van der Waals surface area contributed by atoms with Crippen molar-refractivity contribution < 1.29 is 9.18 Å². The van der Waals surface area contributed by atoms with Gasteiger partial charge in [0.1, 0.15) is 5.82 Å². The first-order valence-electron chi connectivity index (χ1n) is 5.59. The highest BCUT2D eigenvalue weighted by Crippen LogP contribution is 2.20. The van der Waals surface area contributed by atoms with Crippen molar-refractivity contribution in [3.63, 3.8) is 0 Å². The number of carbonyl (C=O) groups excluding carboxylic acids is 1. The minimum atomic E-state index is -0.487. The van der Waals surface area contributed by atoms with Crippen molar-refractivity contribution in [2.45, 2.75) is 17.3 Å². The first kappa shape index (κ1) is 13.5. The maximum Gasteiger partial charge on any atom is 0.259 e. The normalized spacial score (nSPS) is 12.4. The summed E-state index contributed by atoms with van der Waals surface area (Å²) in [7, 11) is 1.54. The molecule has 1 aromatic heterocycles. The van der Waals surface area contributed by atoms with Crippen LogP contribution in [0.4, 0.5) is 4.39 Å². The predicted molar refractivity (Wildman–Crippen MR) is 71.7 cm³/mol. The summed E-state index contributed by atoms with van der Waals surface area (Å²) >= 11 is 1.14. The van der Waals surface area contributed by atoms with E-state index in [-0.39, 0.29) is 16.5 Å². The lowest BCUT2D eigenvalue weighted by Crippen LogP contribution is -2.27. The largest absolute Gasteiger partial charge is 0.358 e. The van der Waals surface area contributed by atoms with Gasteiger partial charge in [0, 0.05) is 7.05 Å². The van der Waals surface area contributed by atoms with Gasteiger partial charge in [-0.25, -0.2) is 9.37 Å². The Morgan fingerprint density at radius 2 is 2.26 bits per heavy atom. The van der Waals surface area contributed by atoms with Gasteiger partial charge in [0.05, 0.1) is 16.2 Å². The van der Waals surface area contributed by atoms with Crippen molar-refractivity contribution in [2.24, 2.45) is 0 Å². The summed E-state index contributed by atoms with van der Waals surface area (Å²) in [5, 5.41) is 2.66. The monoisotopic (exact) mass is 281 g/mol. The predicted octanol–water partition coefficient (Wildman–Crippen LogP) is 1.29. The zero-order valence-corrected chi connectivity index (χ0v) is 11.2. The zero-order chi connectivity index (χ0) is 14.0. The van der Waals surface area contributed by atoms with Crippen LogP contribution in [0.1, 0.15) is 6.92 Å². The summed E-state index contributed by atoms with van der Waals surface area (Å²) in [6.07, 6.45) is 0. The zero-order valence-electron chi connectivity index (χ0n) is 10.4. The fourth-order valence-electron chi connectivity index (χ4n) is 1.57. The number of hydrogen-bond donors (Lipinski definition) is 2. The minimum absolute atomic E-state index is 0.160. The average molecular weight is 281 g/mol. The molecule has 1 amide bonds. The first-order chi connectivity index (χ1) is 9.01. The van der Waals surface area contributed by atoms with Crippen molar-refractivity contribution in [1.82, 2.24) is 15.3 Å². The number of rotatable bonds is 3. The van der Waals surface area contributed by atoms with Gasteiger partial charge in [-0.2, -0.15) is 0 Å². The van der Waals surface area contributed by atoms with Crippen molar-refractivity contribution in [3.8, 4) is 0 Å². The Kier molecular flexibility index (Phi) is 3.84. The molecule has 0 aliphatic rings. The maximum atomic E-state index is 13.0. The number of carbonyl (C=O) groups is 1. The number of amides is 1. The molecule has 5 nitrogen and oxygen atoms in total. The van der Waals surface area contributed by atoms with Crippen LogP contribution in [0, 0.1) is 5.82 Å². The number of halogens is 1. The highest BCUT2D eigenvalue weighted by molar-refractivity contribution is 8.00. The minimum Gasteiger partial charge on any atom is -0.358 e. The summed E-state index contributed by atoms with van der Waals surface area (Å²) < 4.78 is 13.0. The van der Waals surface area contributed by atoms with Gasteiger partial charge in [-0.3, -0.25) is 9.59 Å². The second kappa shape index (κ2) is 5.40. The molecule has 1 aromatic carbocycles. The van der Waals surface area contributed by atoms with Crippen LogP contribution in [0.15, 0.2) is 28.2 Å². The quantitative estimate of drug-likeness (QED) is 0.656. The summed E-state index contributed by atoms with van der Waals surface area (Å²) in [4.78, 5) is 29.9. The molecule has 0 aliphatic carbocycles. The third-order valence-electron chi connectivity index (χ3n) is 2.55. The van der Waals surface area contributed by atoms with Gasteiger partial charge in [0.25, 0.3) is 5.56 Å². The molecule has 0 fully saturated rings. The second-order valence-electron chi connectivity index (χ2n) is 3.91. The number of nitrogens with zero attached hydrogens (tertiary/aromatic N) is 1. The Bertz CT molecular complexity index is 686. The topological polar surface area (TPSA) is 74.8 Å². The van der Waals surface area contributed by atoms with Crippen LogP contribution in [0.25, 0.3) is 10.9 Å². The number of benzene rings is 1. The molecular weight excluding hydrogens is 269 g/mol. The van der Waals surface area contributed by atoms with Crippen LogP contribution in [0.3, 0.4) is 0 Å². The van der Waals surface area contributed by atoms with Crippen molar-refractivity contribution in [3.05, 3.63) is 34.4 Å². The van der Waals surface area contributed by atoms with Crippen molar-refractivity contribution in [1.29, 1.82) is 0 Å². The Hall–Kier alpha value is -1.89. The summed E-state index contributed by atoms with van der Waals surface area (Å²) in [5.41, 5.74) is -0.0205. The van der Waals surface area contributed by atoms with Gasteiger partial charge >= 0.3 is 0 Å². The van der Waals surface area contributed by atoms with Gasteiger partial charge in [0.2, 0.25) is 5.91 Å². The fourth-order valence-corrected chi connectivity index (χ4v) is 2.43. The lowest BCUT2D eigenvalue weighted by atomic mass is 10.2. The molecule has 2 aromatic rings. The molecule has 0 spiro atoms. The van der Waals surface area contributed by atoms with Crippen LogP contribution < -0.4 is 10.9 Å². The number of thioether (sulfide) groups is 1. The third kappa shape index (κ3) is 2.93. The highest BCUT2D eigenvalue weighted by Gasteiger charge is 2.15. The molecule has 2 N–H and O–H groups in total. The molecule has 100 valence electrons. The molecule has 0 saturated heterocycles. The van der Waals surface area contributed by atoms with E-state index < -0.39 is 11.4 Å². The molecule has 0 aliphatic heterocycles. The Balaban J connectivity index is 2.39. The third-order valence-corrected chi connectivity index (χ3v) is 3.53. The van der Waals surface area contributed by atoms with Crippen LogP contribution in [0.2, 0.25) is 0 Å². The van der Waals surface area contributed by atoms with Crippen LogP contribution in [-0.4, -0.2) is 28.2 Å². The Morgan fingerprint density at radius 3 is 2.95 bits per heavy atom. The van der Waals surface area contributed by atoms with Gasteiger partial charge in [-0.15, -0.1) is 0 Å². The number of H-pyrrole nitrogens is 1. The number of hydrogen-bond acceptors (Lipinski definition) is 4. The molecule has 7 heteroatoms. The van der Waals surface area contributed by atoms with Crippen LogP contribution in [0.5, 0.6) is 0 Å². The Labute approximate surface area is 112 Å². The van der Waals surface area contributed by atoms with Crippen molar-refractivity contribution in [2.75, 3.05) is 7.05 Å². The molecule has 0 saturated carbocycles.